The van der Waals surface area contributed by atoms with Gasteiger partial charge in [0, 0.05) is 24.5 Å². The van der Waals surface area contributed by atoms with Gasteiger partial charge in [-0.2, -0.15) is 0 Å². The third-order valence-corrected chi connectivity index (χ3v) is 2.64. The van der Waals surface area contributed by atoms with E-state index >= 15 is 0 Å². The monoisotopic (exact) mass is 228 g/mol. The van der Waals surface area contributed by atoms with Gasteiger partial charge in [-0.3, -0.25) is 9.78 Å². The summed E-state index contributed by atoms with van der Waals surface area (Å²) in [6.45, 7) is 2.25. The van der Waals surface area contributed by atoms with E-state index < -0.39 is 0 Å². The molecular formula is C14H16N2O. The van der Waals surface area contributed by atoms with Gasteiger partial charge in [0.1, 0.15) is 0 Å². The first kappa shape index (κ1) is 11.6. The van der Waals surface area contributed by atoms with Crippen LogP contribution in [-0.2, 0) is 11.2 Å². The minimum atomic E-state index is 0.0245. The number of para-hydroxylation sites is 1. The number of hydrogen-bond acceptors (Lipinski definition) is 2. The zero-order valence-electron chi connectivity index (χ0n) is 9.94. The lowest BCUT2D eigenvalue weighted by atomic mass is 10.1. The van der Waals surface area contributed by atoms with E-state index in [0.717, 1.165) is 29.4 Å². The number of nitrogens with one attached hydrogen (secondary N) is 1. The van der Waals surface area contributed by atoms with Gasteiger partial charge < -0.3 is 5.32 Å². The van der Waals surface area contributed by atoms with Crippen LogP contribution < -0.4 is 5.32 Å². The maximum absolute atomic E-state index is 10.7. The number of pyridine rings is 1. The zero-order chi connectivity index (χ0) is 12.1. The molecule has 0 aliphatic carbocycles. The van der Waals surface area contributed by atoms with Crippen LogP contribution in [0.1, 0.15) is 19.0 Å². The van der Waals surface area contributed by atoms with E-state index in [2.05, 4.69) is 28.5 Å². The van der Waals surface area contributed by atoms with Crippen LogP contribution in [0.25, 0.3) is 10.9 Å². The zero-order valence-corrected chi connectivity index (χ0v) is 9.94. The van der Waals surface area contributed by atoms with E-state index in [1.807, 2.05) is 18.2 Å². The molecule has 0 radical (unpaired) electrons. The summed E-state index contributed by atoms with van der Waals surface area (Å²) in [6.07, 6.45) is 1.82. The molecule has 1 aromatic heterocycles. The molecule has 0 aliphatic rings. The Kier molecular flexibility index (Phi) is 3.70. The molecule has 3 heteroatoms. The Hall–Kier alpha value is -1.90. The second-order valence-corrected chi connectivity index (χ2v) is 4.08. The van der Waals surface area contributed by atoms with Gasteiger partial charge in [0.2, 0.25) is 5.91 Å². The molecule has 0 unspecified atom stereocenters. The lowest BCUT2D eigenvalue weighted by Gasteiger charge is -2.03. The summed E-state index contributed by atoms with van der Waals surface area (Å²) in [7, 11) is 0. The summed E-state index contributed by atoms with van der Waals surface area (Å²) >= 11 is 0. The molecule has 0 saturated carbocycles. The van der Waals surface area contributed by atoms with Gasteiger partial charge in [0.05, 0.1) is 5.52 Å². The van der Waals surface area contributed by atoms with Gasteiger partial charge >= 0.3 is 0 Å². The Morgan fingerprint density at radius 3 is 2.88 bits per heavy atom. The molecule has 17 heavy (non-hydrogen) atoms. The molecule has 0 saturated heterocycles. The Morgan fingerprint density at radius 2 is 2.06 bits per heavy atom. The van der Waals surface area contributed by atoms with Crippen molar-refractivity contribution < 1.29 is 4.79 Å². The highest BCUT2D eigenvalue weighted by Gasteiger charge is 1.98. The van der Waals surface area contributed by atoms with Gasteiger partial charge in [-0.25, -0.2) is 0 Å². The number of amides is 1. The van der Waals surface area contributed by atoms with Crippen LogP contribution in [0, 0.1) is 0 Å². The molecular weight excluding hydrogens is 212 g/mol. The van der Waals surface area contributed by atoms with Crippen molar-refractivity contribution in [2.45, 2.75) is 19.8 Å². The van der Waals surface area contributed by atoms with E-state index in [9.17, 15) is 4.79 Å². The van der Waals surface area contributed by atoms with Crippen molar-refractivity contribution in [1.82, 2.24) is 10.3 Å². The third kappa shape index (κ3) is 3.28. The molecule has 0 atom stereocenters. The van der Waals surface area contributed by atoms with Crippen LogP contribution >= 0.6 is 0 Å². The fraction of sp³-hybridized carbons (Fsp3) is 0.286. The van der Waals surface area contributed by atoms with Gasteiger partial charge in [0.25, 0.3) is 0 Å². The topological polar surface area (TPSA) is 42.0 Å². The maximum Gasteiger partial charge on any atom is 0.216 e. The van der Waals surface area contributed by atoms with Crippen LogP contribution in [0.3, 0.4) is 0 Å². The normalized spacial score (nSPS) is 10.4. The summed E-state index contributed by atoms with van der Waals surface area (Å²) < 4.78 is 0. The highest BCUT2D eigenvalue weighted by atomic mass is 16.1. The number of fused-ring (bicyclic) bond motifs is 1. The van der Waals surface area contributed by atoms with Gasteiger partial charge in [0.15, 0.2) is 0 Å². The van der Waals surface area contributed by atoms with Gasteiger partial charge in [-0.05, 0) is 25.0 Å². The van der Waals surface area contributed by atoms with Gasteiger partial charge in [-0.15, -0.1) is 0 Å². The summed E-state index contributed by atoms with van der Waals surface area (Å²) in [4.78, 5) is 15.3. The van der Waals surface area contributed by atoms with E-state index in [-0.39, 0.29) is 5.91 Å². The predicted molar refractivity (Wildman–Crippen MR) is 68.7 cm³/mol. The molecule has 0 aliphatic heterocycles. The Balaban J connectivity index is 1.97. The molecule has 3 nitrogen and oxygen atoms in total. The number of aromatic nitrogens is 1. The number of nitrogens with zero attached hydrogens (tertiary/aromatic N) is 1. The number of rotatable bonds is 4. The summed E-state index contributed by atoms with van der Waals surface area (Å²) in [5.74, 6) is 0.0245. The average Bonchev–Trinajstić information content (AvgIpc) is 2.34. The molecule has 1 aromatic carbocycles. The molecule has 1 N–H and O–H groups in total. The van der Waals surface area contributed by atoms with Crippen LogP contribution in [-0.4, -0.2) is 17.4 Å². The molecule has 1 amide bonds. The second kappa shape index (κ2) is 5.43. The first-order chi connectivity index (χ1) is 8.25. The molecule has 88 valence electrons. The maximum atomic E-state index is 10.7. The van der Waals surface area contributed by atoms with Crippen LogP contribution in [0.4, 0.5) is 0 Å². The minimum Gasteiger partial charge on any atom is -0.356 e. The van der Waals surface area contributed by atoms with Crippen molar-refractivity contribution in [3.8, 4) is 0 Å². The Labute approximate surface area is 101 Å². The standard InChI is InChI=1S/C14H16N2O/c1-11(17)15-10-4-6-13-9-8-12-5-2-3-7-14(12)16-13/h2-3,5,7-9H,4,6,10H2,1H3,(H,15,17). The average molecular weight is 228 g/mol. The first-order valence-corrected chi connectivity index (χ1v) is 5.85. The van der Waals surface area contributed by atoms with E-state index in [1.165, 1.54) is 6.92 Å². The number of carbonyl (C=O) groups is 1. The quantitative estimate of drug-likeness (QED) is 0.816. The van der Waals surface area contributed by atoms with Crippen molar-refractivity contribution >= 4 is 16.8 Å². The summed E-state index contributed by atoms with van der Waals surface area (Å²) in [5.41, 5.74) is 2.11. The SMILES string of the molecule is CC(=O)NCCCc1ccc2ccccc2n1. The minimum absolute atomic E-state index is 0.0245. The van der Waals surface area contributed by atoms with Crippen molar-refractivity contribution in [2.75, 3.05) is 6.54 Å². The highest BCUT2D eigenvalue weighted by molar-refractivity contribution is 5.78. The van der Waals surface area contributed by atoms with Crippen LogP contribution in [0.2, 0.25) is 0 Å². The molecule has 0 fully saturated rings. The number of benzene rings is 1. The smallest absolute Gasteiger partial charge is 0.216 e. The third-order valence-electron chi connectivity index (χ3n) is 2.64. The Morgan fingerprint density at radius 1 is 1.24 bits per heavy atom. The van der Waals surface area contributed by atoms with E-state index in [1.54, 1.807) is 0 Å². The van der Waals surface area contributed by atoms with Crippen molar-refractivity contribution in [3.63, 3.8) is 0 Å². The van der Waals surface area contributed by atoms with Crippen LogP contribution in [0.15, 0.2) is 36.4 Å². The first-order valence-electron chi connectivity index (χ1n) is 5.85. The van der Waals surface area contributed by atoms with Crippen LogP contribution in [0.5, 0.6) is 0 Å². The summed E-state index contributed by atoms with van der Waals surface area (Å²) in [5, 5.41) is 3.95. The van der Waals surface area contributed by atoms with E-state index in [0.29, 0.717) is 6.54 Å². The fourth-order valence-electron chi connectivity index (χ4n) is 1.78. The fourth-order valence-corrected chi connectivity index (χ4v) is 1.78. The van der Waals surface area contributed by atoms with Crippen molar-refractivity contribution in [1.29, 1.82) is 0 Å². The van der Waals surface area contributed by atoms with Gasteiger partial charge in [-0.1, -0.05) is 24.3 Å². The van der Waals surface area contributed by atoms with E-state index in [4.69, 9.17) is 0 Å². The number of hydrogen-bond donors (Lipinski definition) is 1. The lowest BCUT2D eigenvalue weighted by molar-refractivity contribution is -0.118. The summed E-state index contributed by atoms with van der Waals surface area (Å²) in [6, 6.07) is 12.2. The number of carbonyl (C=O) groups excluding carboxylic acids is 1. The number of aryl methyl sites for hydroxylation is 1. The lowest BCUT2D eigenvalue weighted by Crippen LogP contribution is -2.21. The highest BCUT2D eigenvalue weighted by Crippen LogP contribution is 2.12. The molecule has 0 bridgehead atoms. The predicted octanol–water partition coefficient (Wildman–Crippen LogP) is 2.30. The second-order valence-electron chi connectivity index (χ2n) is 4.08. The Bertz CT molecular complexity index is 522. The molecule has 0 spiro atoms. The van der Waals surface area contributed by atoms with Crippen molar-refractivity contribution in [3.05, 3.63) is 42.1 Å². The van der Waals surface area contributed by atoms with Crippen molar-refractivity contribution in [2.24, 2.45) is 0 Å². The molecule has 1 heterocycles. The largest absolute Gasteiger partial charge is 0.356 e. The molecule has 2 rings (SSSR count). The molecule has 2 aromatic rings.